The van der Waals surface area contributed by atoms with Gasteiger partial charge in [0, 0.05) is 12.5 Å². The van der Waals surface area contributed by atoms with Gasteiger partial charge >= 0.3 is 0 Å². The van der Waals surface area contributed by atoms with Gasteiger partial charge in [-0.1, -0.05) is 23.6 Å². The normalized spacial score (nSPS) is 40.8. The van der Waals surface area contributed by atoms with Crippen molar-refractivity contribution in [1.29, 1.82) is 5.26 Å². The summed E-state index contributed by atoms with van der Waals surface area (Å²) in [6, 6.07) is 2.30. The zero-order chi connectivity index (χ0) is 16.0. The molecule has 122 valence electrons. The monoisotopic (exact) mass is 309 g/mol. The predicted octanol–water partition coefficient (Wildman–Crippen LogP) is 5.29. The Morgan fingerprint density at radius 3 is 2.96 bits per heavy atom. The highest BCUT2D eigenvalue weighted by molar-refractivity contribution is 5.35. The summed E-state index contributed by atoms with van der Waals surface area (Å²) >= 11 is 0. The van der Waals surface area contributed by atoms with Crippen molar-refractivity contribution in [2.75, 3.05) is 7.11 Å². The minimum Gasteiger partial charge on any atom is -0.501 e. The van der Waals surface area contributed by atoms with Crippen LogP contribution in [0.2, 0.25) is 0 Å². The van der Waals surface area contributed by atoms with Crippen LogP contribution in [0.25, 0.3) is 0 Å². The average molecular weight is 309 g/mol. The minimum absolute atomic E-state index is 0.303. The van der Waals surface area contributed by atoms with Gasteiger partial charge in [-0.2, -0.15) is 5.26 Å². The van der Waals surface area contributed by atoms with Gasteiger partial charge in [0.05, 0.1) is 18.9 Å². The Labute approximate surface area is 139 Å². The van der Waals surface area contributed by atoms with Gasteiger partial charge in [-0.15, -0.1) is 0 Å². The van der Waals surface area contributed by atoms with Gasteiger partial charge in [0.25, 0.3) is 0 Å². The lowest BCUT2D eigenvalue weighted by Gasteiger charge is -2.50. The van der Waals surface area contributed by atoms with E-state index >= 15 is 0 Å². The van der Waals surface area contributed by atoms with E-state index < -0.39 is 0 Å². The fourth-order valence-electron chi connectivity index (χ4n) is 6.21. The third-order valence-electron chi connectivity index (χ3n) is 7.40. The Morgan fingerprint density at radius 1 is 1.30 bits per heavy atom. The van der Waals surface area contributed by atoms with E-state index in [9.17, 15) is 0 Å². The predicted molar refractivity (Wildman–Crippen MR) is 91.3 cm³/mol. The van der Waals surface area contributed by atoms with Crippen molar-refractivity contribution >= 4 is 0 Å². The Kier molecular flexibility index (Phi) is 3.63. The maximum atomic E-state index is 9.11. The molecule has 4 aliphatic rings. The van der Waals surface area contributed by atoms with Crippen LogP contribution in [-0.2, 0) is 4.74 Å². The van der Waals surface area contributed by atoms with Gasteiger partial charge in [0.15, 0.2) is 0 Å². The lowest BCUT2D eigenvalue weighted by molar-refractivity contribution is 0.0617. The molecular weight excluding hydrogens is 282 g/mol. The average Bonchev–Trinajstić information content (AvgIpc) is 2.91. The molecule has 0 N–H and O–H groups in total. The molecule has 0 spiro atoms. The Hall–Kier alpha value is -1.49. The molecule has 0 aromatic heterocycles. The van der Waals surface area contributed by atoms with Gasteiger partial charge in [0.2, 0.25) is 0 Å². The van der Waals surface area contributed by atoms with Gasteiger partial charge in [-0.25, -0.2) is 0 Å². The number of fused-ring (bicyclic) bond motifs is 4. The number of nitrogens with zero attached hydrogens (tertiary/aromatic N) is 1. The molecule has 23 heavy (non-hydrogen) atoms. The largest absolute Gasteiger partial charge is 0.501 e. The van der Waals surface area contributed by atoms with E-state index in [4.69, 9.17) is 10.00 Å². The van der Waals surface area contributed by atoms with Gasteiger partial charge in [-0.3, -0.25) is 0 Å². The van der Waals surface area contributed by atoms with E-state index in [1.807, 2.05) is 6.08 Å². The number of rotatable bonds is 1. The first-order chi connectivity index (χ1) is 11.2. The second-order valence-corrected chi connectivity index (χ2v) is 8.09. The van der Waals surface area contributed by atoms with Crippen molar-refractivity contribution in [3.63, 3.8) is 0 Å². The van der Waals surface area contributed by atoms with Crippen molar-refractivity contribution < 1.29 is 4.74 Å². The number of ether oxygens (including phenoxy) is 1. The van der Waals surface area contributed by atoms with Gasteiger partial charge in [-0.05, 0) is 74.2 Å². The quantitative estimate of drug-likeness (QED) is 0.487. The lowest BCUT2D eigenvalue weighted by atomic mass is 9.54. The van der Waals surface area contributed by atoms with E-state index in [1.165, 1.54) is 43.4 Å². The van der Waals surface area contributed by atoms with Crippen LogP contribution in [0.5, 0.6) is 0 Å². The second-order valence-electron chi connectivity index (χ2n) is 8.09. The van der Waals surface area contributed by atoms with Crippen molar-refractivity contribution in [2.45, 2.75) is 58.3 Å². The fourth-order valence-corrected chi connectivity index (χ4v) is 6.21. The highest BCUT2D eigenvalue weighted by atomic mass is 16.5. The van der Waals surface area contributed by atoms with Crippen molar-refractivity contribution in [3.05, 3.63) is 34.6 Å². The van der Waals surface area contributed by atoms with Crippen molar-refractivity contribution in [2.24, 2.45) is 23.2 Å². The third kappa shape index (κ3) is 2.20. The molecule has 2 nitrogen and oxygen atoms in total. The van der Waals surface area contributed by atoms with Crippen LogP contribution in [0.15, 0.2) is 34.6 Å². The molecule has 0 aromatic rings. The number of hydrogen-bond acceptors (Lipinski definition) is 2. The molecule has 2 saturated carbocycles. The maximum absolute atomic E-state index is 9.11. The molecule has 0 heterocycles. The van der Waals surface area contributed by atoms with Crippen LogP contribution in [-0.4, -0.2) is 7.11 Å². The smallest absolute Gasteiger partial charge is 0.0959 e. The van der Waals surface area contributed by atoms with E-state index in [0.717, 1.165) is 37.0 Å². The van der Waals surface area contributed by atoms with E-state index in [-0.39, 0.29) is 0 Å². The molecule has 0 bridgehead atoms. The summed E-state index contributed by atoms with van der Waals surface area (Å²) in [6.45, 7) is 2.44. The summed E-state index contributed by atoms with van der Waals surface area (Å²) in [6.07, 6.45) is 14.0. The first kappa shape index (κ1) is 15.1. The molecule has 4 atom stereocenters. The molecule has 0 unspecified atom stereocenters. The van der Waals surface area contributed by atoms with Gasteiger partial charge in [0.1, 0.15) is 0 Å². The highest BCUT2D eigenvalue weighted by Crippen LogP contribution is 2.62. The molecule has 0 radical (unpaired) electrons. The summed E-state index contributed by atoms with van der Waals surface area (Å²) < 4.78 is 5.49. The summed E-state index contributed by atoms with van der Waals surface area (Å²) in [5.74, 6) is 3.60. The molecule has 2 heteroatoms. The molecule has 0 aliphatic heterocycles. The minimum atomic E-state index is 0.303. The topological polar surface area (TPSA) is 33.0 Å². The number of allylic oxidation sites excluding steroid dienone is 5. The number of methoxy groups -OCH3 is 1. The Balaban J connectivity index is 1.61. The zero-order valence-electron chi connectivity index (χ0n) is 14.4. The molecule has 2 fully saturated rings. The zero-order valence-corrected chi connectivity index (χ0v) is 14.4. The molecular formula is C21H27NO. The first-order valence-corrected chi connectivity index (χ1v) is 9.20. The fraction of sp³-hybridized carbons (Fsp3) is 0.667. The summed E-state index contributed by atoms with van der Waals surface area (Å²) in [5.41, 5.74) is 5.17. The van der Waals surface area contributed by atoms with Gasteiger partial charge < -0.3 is 4.74 Å². The lowest BCUT2D eigenvalue weighted by Crippen LogP contribution is -2.41. The van der Waals surface area contributed by atoms with Crippen LogP contribution in [0.4, 0.5) is 0 Å². The van der Waals surface area contributed by atoms with Crippen LogP contribution >= 0.6 is 0 Å². The summed E-state index contributed by atoms with van der Waals surface area (Å²) in [7, 11) is 1.80. The van der Waals surface area contributed by atoms with E-state index in [1.54, 1.807) is 18.3 Å². The summed E-state index contributed by atoms with van der Waals surface area (Å²) in [5, 5.41) is 9.11. The molecule has 0 aromatic carbocycles. The SMILES string of the molecule is COC1=CCC2=C(CC[C@@H]3[C@@H]2CC[C@]2(C)/C(=C/C#N)CC[C@@H]32)C1. The molecule has 4 rings (SSSR count). The Bertz CT molecular complexity index is 647. The molecule has 4 aliphatic carbocycles. The van der Waals surface area contributed by atoms with Crippen LogP contribution in [0.3, 0.4) is 0 Å². The summed E-state index contributed by atoms with van der Waals surface area (Å²) in [4.78, 5) is 0. The molecule has 0 amide bonds. The standard InChI is InChI=1S/C21H27NO/c1-21-11-9-18-17-7-5-16(23-2)13-14(17)3-6-19(18)20(21)8-4-15(21)10-12-22/h5,10,18-20H,3-4,6-9,11,13H2,1-2H3/b15-10+/t18-,19-,20+,21-/m1/s1. The number of hydrogen-bond donors (Lipinski definition) is 0. The Morgan fingerprint density at radius 2 is 2.17 bits per heavy atom. The molecule has 0 saturated heterocycles. The van der Waals surface area contributed by atoms with E-state index in [2.05, 4.69) is 19.1 Å². The second kappa shape index (κ2) is 5.55. The van der Waals surface area contributed by atoms with Crippen molar-refractivity contribution in [3.8, 4) is 6.07 Å². The first-order valence-electron chi connectivity index (χ1n) is 9.20. The van der Waals surface area contributed by atoms with E-state index in [0.29, 0.717) is 5.41 Å². The van der Waals surface area contributed by atoms with Crippen LogP contribution < -0.4 is 0 Å². The van der Waals surface area contributed by atoms with Crippen molar-refractivity contribution in [1.82, 2.24) is 0 Å². The number of nitriles is 1. The maximum Gasteiger partial charge on any atom is 0.0959 e. The third-order valence-corrected chi connectivity index (χ3v) is 7.40. The highest BCUT2D eigenvalue weighted by Gasteiger charge is 2.52. The van der Waals surface area contributed by atoms with Crippen LogP contribution in [0, 0.1) is 34.5 Å². The van der Waals surface area contributed by atoms with Crippen LogP contribution in [0.1, 0.15) is 58.3 Å².